The molecule has 0 unspecified atom stereocenters. The van der Waals surface area contributed by atoms with Crippen molar-refractivity contribution in [1.29, 1.82) is 0 Å². The molecule has 0 aliphatic carbocycles. The van der Waals surface area contributed by atoms with Gasteiger partial charge in [-0.2, -0.15) is 0 Å². The van der Waals surface area contributed by atoms with E-state index in [2.05, 4.69) is 10.6 Å². The van der Waals surface area contributed by atoms with Crippen LogP contribution >= 0.6 is 0 Å². The second-order valence-electron chi connectivity index (χ2n) is 5.58. The van der Waals surface area contributed by atoms with E-state index in [9.17, 15) is 14.4 Å². The molecule has 0 aliphatic heterocycles. The SMILES string of the molecule is CC(=O)Oc1cccc(C(=O)Nc2ccc(NC(=O)c3ccco3)cc2)c1. The zero-order valence-electron chi connectivity index (χ0n) is 14.4. The zero-order valence-corrected chi connectivity index (χ0v) is 14.4. The van der Waals surface area contributed by atoms with E-state index < -0.39 is 5.97 Å². The molecule has 0 radical (unpaired) electrons. The van der Waals surface area contributed by atoms with Gasteiger partial charge in [0, 0.05) is 23.9 Å². The monoisotopic (exact) mass is 364 g/mol. The Kier molecular flexibility index (Phi) is 5.32. The van der Waals surface area contributed by atoms with E-state index in [1.807, 2.05) is 0 Å². The molecule has 1 aromatic heterocycles. The summed E-state index contributed by atoms with van der Waals surface area (Å²) in [4.78, 5) is 35.3. The second kappa shape index (κ2) is 8.01. The summed E-state index contributed by atoms with van der Waals surface area (Å²) >= 11 is 0. The third-order valence-electron chi connectivity index (χ3n) is 3.50. The summed E-state index contributed by atoms with van der Waals surface area (Å²) in [5, 5.41) is 5.42. The highest BCUT2D eigenvalue weighted by Gasteiger charge is 2.10. The zero-order chi connectivity index (χ0) is 19.2. The molecule has 7 heteroatoms. The maximum atomic E-state index is 12.3. The van der Waals surface area contributed by atoms with Crippen LogP contribution in [0.4, 0.5) is 11.4 Å². The minimum Gasteiger partial charge on any atom is -0.459 e. The van der Waals surface area contributed by atoms with Gasteiger partial charge in [-0.1, -0.05) is 6.07 Å². The van der Waals surface area contributed by atoms with Crippen molar-refractivity contribution in [3.63, 3.8) is 0 Å². The first-order valence-electron chi connectivity index (χ1n) is 8.06. The first-order chi connectivity index (χ1) is 13.0. The van der Waals surface area contributed by atoms with Crippen molar-refractivity contribution in [2.75, 3.05) is 10.6 Å². The van der Waals surface area contributed by atoms with Gasteiger partial charge in [0.1, 0.15) is 5.75 Å². The normalized spacial score (nSPS) is 10.1. The van der Waals surface area contributed by atoms with Gasteiger partial charge in [0.25, 0.3) is 11.8 Å². The lowest BCUT2D eigenvalue weighted by Gasteiger charge is -2.08. The Bertz CT molecular complexity index is 962. The van der Waals surface area contributed by atoms with Crippen LogP contribution in [-0.2, 0) is 4.79 Å². The Morgan fingerprint density at radius 1 is 0.852 bits per heavy atom. The van der Waals surface area contributed by atoms with E-state index in [1.165, 1.54) is 19.3 Å². The minimum atomic E-state index is -0.459. The predicted molar refractivity (Wildman–Crippen MR) is 98.8 cm³/mol. The molecule has 2 aromatic carbocycles. The number of carbonyl (C=O) groups is 3. The van der Waals surface area contributed by atoms with Crippen LogP contribution in [-0.4, -0.2) is 17.8 Å². The highest BCUT2D eigenvalue weighted by molar-refractivity contribution is 6.05. The molecule has 0 saturated carbocycles. The fraction of sp³-hybridized carbons (Fsp3) is 0.0500. The van der Waals surface area contributed by atoms with Crippen LogP contribution in [0.2, 0.25) is 0 Å². The molecule has 2 N–H and O–H groups in total. The quantitative estimate of drug-likeness (QED) is 0.531. The Morgan fingerprint density at radius 3 is 2.11 bits per heavy atom. The van der Waals surface area contributed by atoms with E-state index in [-0.39, 0.29) is 17.6 Å². The van der Waals surface area contributed by atoms with Crippen molar-refractivity contribution in [3.8, 4) is 5.75 Å². The van der Waals surface area contributed by atoms with Gasteiger partial charge >= 0.3 is 5.97 Å². The number of anilines is 2. The molecule has 2 amide bonds. The number of amides is 2. The number of ether oxygens (including phenoxy) is 1. The van der Waals surface area contributed by atoms with Crippen LogP contribution in [0, 0.1) is 0 Å². The molecule has 0 aliphatic rings. The van der Waals surface area contributed by atoms with Gasteiger partial charge in [0.2, 0.25) is 0 Å². The van der Waals surface area contributed by atoms with Crippen molar-refractivity contribution in [3.05, 3.63) is 78.3 Å². The van der Waals surface area contributed by atoms with Gasteiger partial charge in [-0.25, -0.2) is 0 Å². The molecule has 7 nitrogen and oxygen atoms in total. The summed E-state index contributed by atoms with van der Waals surface area (Å²) in [5.41, 5.74) is 1.46. The first kappa shape index (κ1) is 17.9. The lowest BCUT2D eigenvalue weighted by molar-refractivity contribution is -0.131. The second-order valence-corrected chi connectivity index (χ2v) is 5.58. The van der Waals surface area contributed by atoms with Crippen molar-refractivity contribution in [2.45, 2.75) is 6.92 Å². The fourth-order valence-corrected chi connectivity index (χ4v) is 2.31. The number of rotatable bonds is 5. The summed E-state index contributed by atoms with van der Waals surface area (Å²) in [6.07, 6.45) is 1.42. The lowest BCUT2D eigenvalue weighted by Crippen LogP contribution is -2.13. The molecule has 27 heavy (non-hydrogen) atoms. The van der Waals surface area contributed by atoms with Crippen molar-refractivity contribution < 1.29 is 23.5 Å². The van der Waals surface area contributed by atoms with Crippen LogP contribution in [0.5, 0.6) is 5.75 Å². The number of benzene rings is 2. The minimum absolute atomic E-state index is 0.208. The van der Waals surface area contributed by atoms with Gasteiger partial charge in [0.05, 0.1) is 6.26 Å². The summed E-state index contributed by atoms with van der Waals surface area (Å²) in [7, 11) is 0. The number of carbonyl (C=O) groups excluding carboxylic acids is 3. The first-order valence-corrected chi connectivity index (χ1v) is 8.06. The molecule has 0 atom stereocenters. The van der Waals surface area contributed by atoms with Gasteiger partial charge in [-0.15, -0.1) is 0 Å². The molecular weight excluding hydrogens is 348 g/mol. The van der Waals surface area contributed by atoms with Crippen LogP contribution in [0.25, 0.3) is 0 Å². The molecule has 0 bridgehead atoms. The van der Waals surface area contributed by atoms with Gasteiger partial charge in [-0.3, -0.25) is 14.4 Å². The summed E-state index contributed by atoms with van der Waals surface area (Å²) in [6.45, 7) is 1.29. The highest BCUT2D eigenvalue weighted by Crippen LogP contribution is 2.18. The third kappa shape index (κ3) is 4.82. The Balaban J connectivity index is 1.63. The van der Waals surface area contributed by atoms with Gasteiger partial charge in [0.15, 0.2) is 5.76 Å². The maximum absolute atomic E-state index is 12.3. The summed E-state index contributed by atoms with van der Waals surface area (Å²) < 4.78 is 10.00. The van der Waals surface area contributed by atoms with E-state index in [1.54, 1.807) is 54.6 Å². The lowest BCUT2D eigenvalue weighted by atomic mass is 10.2. The predicted octanol–water partition coefficient (Wildman–Crippen LogP) is 3.71. The number of hydrogen-bond donors (Lipinski definition) is 2. The molecule has 3 aromatic rings. The van der Waals surface area contributed by atoms with Crippen molar-refractivity contribution in [1.82, 2.24) is 0 Å². The third-order valence-corrected chi connectivity index (χ3v) is 3.50. The molecule has 0 saturated heterocycles. The smallest absolute Gasteiger partial charge is 0.308 e. The van der Waals surface area contributed by atoms with Crippen LogP contribution in [0.1, 0.15) is 27.8 Å². The van der Waals surface area contributed by atoms with Gasteiger partial charge in [-0.05, 0) is 54.6 Å². The molecular formula is C20H16N2O5. The summed E-state index contributed by atoms with van der Waals surface area (Å²) in [6, 6.07) is 16.1. The largest absolute Gasteiger partial charge is 0.459 e. The Hall–Kier alpha value is -3.87. The topological polar surface area (TPSA) is 97.6 Å². The molecule has 0 spiro atoms. The number of hydrogen-bond acceptors (Lipinski definition) is 5. The number of nitrogens with one attached hydrogen (secondary N) is 2. The van der Waals surface area contributed by atoms with Crippen LogP contribution in [0.3, 0.4) is 0 Å². The molecule has 136 valence electrons. The van der Waals surface area contributed by atoms with E-state index in [4.69, 9.17) is 9.15 Å². The van der Waals surface area contributed by atoms with E-state index in [0.29, 0.717) is 22.7 Å². The molecule has 0 fully saturated rings. The van der Waals surface area contributed by atoms with Gasteiger partial charge < -0.3 is 19.8 Å². The van der Waals surface area contributed by atoms with Crippen LogP contribution < -0.4 is 15.4 Å². The maximum Gasteiger partial charge on any atom is 0.308 e. The van der Waals surface area contributed by atoms with E-state index in [0.717, 1.165) is 0 Å². The number of esters is 1. The Morgan fingerprint density at radius 2 is 1.52 bits per heavy atom. The van der Waals surface area contributed by atoms with Crippen molar-refractivity contribution >= 4 is 29.2 Å². The van der Waals surface area contributed by atoms with Crippen molar-refractivity contribution in [2.24, 2.45) is 0 Å². The highest BCUT2D eigenvalue weighted by atomic mass is 16.5. The average molecular weight is 364 g/mol. The molecule has 3 rings (SSSR count). The fourth-order valence-electron chi connectivity index (χ4n) is 2.31. The molecule has 1 heterocycles. The average Bonchev–Trinajstić information content (AvgIpc) is 3.18. The Labute approximate surface area is 154 Å². The van der Waals surface area contributed by atoms with E-state index >= 15 is 0 Å². The van der Waals surface area contributed by atoms with Crippen LogP contribution in [0.15, 0.2) is 71.3 Å². The number of furan rings is 1. The standard InChI is InChI=1S/C20H16N2O5/c1-13(23)27-17-5-2-4-14(12-17)19(24)21-15-7-9-16(10-8-15)22-20(25)18-6-3-11-26-18/h2-12H,1H3,(H,21,24)(H,22,25). The summed E-state index contributed by atoms with van der Waals surface area (Å²) in [5.74, 6) is -0.665.